The molecule has 18 heavy (non-hydrogen) atoms. The van der Waals surface area contributed by atoms with Gasteiger partial charge in [-0.3, -0.25) is 9.69 Å². The Morgan fingerprint density at radius 3 is 2.78 bits per heavy atom. The third-order valence-electron chi connectivity index (χ3n) is 3.60. The minimum absolute atomic E-state index is 0.0149. The number of carbonyl (C=O) groups is 1. The molecule has 0 aromatic carbocycles. The molecule has 1 amide bonds. The first-order chi connectivity index (χ1) is 8.69. The molecule has 0 aromatic heterocycles. The molecule has 4 heteroatoms. The van der Waals surface area contributed by atoms with Crippen LogP contribution in [-0.2, 0) is 4.79 Å². The Bertz CT molecular complexity index is 239. The molecule has 0 bridgehead atoms. The van der Waals surface area contributed by atoms with Crippen LogP contribution in [0.4, 0.5) is 0 Å². The summed E-state index contributed by atoms with van der Waals surface area (Å²) in [6.07, 6.45) is 4.60. The van der Waals surface area contributed by atoms with E-state index in [0.717, 1.165) is 39.0 Å². The lowest BCUT2D eigenvalue weighted by Gasteiger charge is -2.30. The lowest BCUT2D eigenvalue weighted by atomic mass is 10.1. The van der Waals surface area contributed by atoms with Crippen LogP contribution in [-0.4, -0.2) is 49.1 Å². The summed E-state index contributed by atoms with van der Waals surface area (Å²) in [5, 5.41) is 6.50. The second-order valence-corrected chi connectivity index (χ2v) is 5.26. The number of nitrogens with zero attached hydrogens (tertiary/aromatic N) is 1. The van der Waals surface area contributed by atoms with E-state index >= 15 is 0 Å². The molecule has 1 saturated heterocycles. The Balaban J connectivity index is 2.44. The van der Waals surface area contributed by atoms with Crippen molar-refractivity contribution in [3.8, 4) is 0 Å². The van der Waals surface area contributed by atoms with Crippen molar-refractivity contribution in [2.45, 2.75) is 58.5 Å². The Labute approximate surface area is 111 Å². The molecule has 1 fully saturated rings. The highest BCUT2D eigenvalue weighted by molar-refractivity contribution is 5.81. The summed E-state index contributed by atoms with van der Waals surface area (Å²) < 4.78 is 0. The van der Waals surface area contributed by atoms with Gasteiger partial charge in [-0.05, 0) is 45.7 Å². The summed E-state index contributed by atoms with van der Waals surface area (Å²) in [5.74, 6) is 0.170. The summed E-state index contributed by atoms with van der Waals surface area (Å²) >= 11 is 0. The molecule has 0 aliphatic carbocycles. The Morgan fingerprint density at radius 2 is 2.22 bits per heavy atom. The van der Waals surface area contributed by atoms with Gasteiger partial charge >= 0.3 is 0 Å². The molecule has 1 rings (SSSR count). The maximum absolute atomic E-state index is 12.0. The highest BCUT2D eigenvalue weighted by atomic mass is 16.2. The molecule has 0 spiro atoms. The molecular formula is C14H29N3O. The van der Waals surface area contributed by atoms with E-state index in [9.17, 15) is 4.79 Å². The van der Waals surface area contributed by atoms with E-state index in [1.54, 1.807) is 0 Å². The zero-order valence-corrected chi connectivity index (χ0v) is 12.2. The van der Waals surface area contributed by atoms with Gasteiger partial charge in [-0.1, -0.05) is 13.8 Å². The lowest BCUT2D eigenvalue weighted by Crippen LogP contribution is -2.49. The van der Waals surface area contributed by atoms with Crippen LogP contribution in [0.5, 0.6) is 0 Å². The zero-order valence-electron chi connectivity index (χ0n) is 12.2. The maximum Gasteiger partial charge on any atom is 0.237 e. The second kappa shape index (κ2) is 8.48. The standard InChI is InChI=1S/C14H29N3O/c1-4-8-16-14(18)12(3)17(10-5-2)11-13-7-6-9-15-13/h12-13,15H,4-11H2,1-3H3,(H,16,18). The molecule has 2 atom stereocenters. The third kappa shape index (κ3) is 4.94. The van der Waals surface area contributed by atoms with E-state index in [0.29, 0.717) is 6.04 Å². The highest BCUT2D eigenvalue weighted by Crippen LogP contribution is 2.10. The third-order valence-corrected chi connectivity index (χ3v) is 3.60. The van der Waals surface area contributed by atoms with E-state index in [1.165, 1.54) is 12.8 Å². The summed E-state index contributed by atoms with van der Waals surface area (Å²) in [6, 6.07) is 0.553. The number of amides is 1. The van der Waals surface area contributed by atoms with Gasteiger partial charge in [0.25, 0.3) is 0 Å². The van der Waals surface area contributed by atoms with Crippen molar-refractivity contribution >= 4 is 5.91 Å². The zero-order chi connectivity index (χ0) is 13.4. The van der Waals surface area contributed by atoms with Gasteiger partial charge in [0.15, 0.2) is 0 Å². The molecular weight excluding hydrogens is 226 g/mol. The summed E-state index contributed by atoms with van der Waals surface area (Å²) in [5.41, 5.74) is 0. The predicted octanol–water partition coefficient (Wildman–Crippen LogP) is 1.37. The van der Waals surface area contributed by atoms with Crippen LogP contribution in [0.2, 0.25) is 0 Å². The van der Waals surface area contributed by atoms with Crippen molar-refractivity contribution in [2.24, 2.45) is 0 Å². The minimum Gasteiger partial charge on any atom is -0.355 e. The monoisotopic (exact) mass is 255 g/mol. The highest BCUT2D eigenvalue weighted by Gasteiger charge is 2.24. The number of hydrogen-bond acceptors (Lipinski definition) is 3. The average molecular weight is 255 g/mol. The van der Waals surface area contributed by atoms with Crippen molar-refractivity contribution < 1.29 is 4.79 Å². The van der Waals surface area contributed by atoms with Crippen LogP contribution >= 0.6 is 0 Å². The molecule has 2 unspecified atom stereocenters. The van der Waals surface area contributed by atoms with Crippen LogP contribution in [0, 0.1) is 0 Å². The molecule has 2 N–H and O–H groups in total. The van der Waals surface area contributed by atoms with Gasteiger partial charge < -0.3 is 10.6 Å². The molecule has 0 aromatic rings. The molecule has 4 nitrogen and oxygen atoms in total. The average Bonchev–Trinajstić information content (AvgIpc) is 2.87. The van der Waals surface area contributed by atoms with Gasteiger partial charge in [-0.2, -0.15) is 0 Å². The molecule has 1 aliphatic heterocycles. The fraction of sp³-hybridized carbons (Fsp3) is 0.929. The molecule has 106 valence electrons. The number of rotatable bonds is 8. The van der Waals surface area contributed by atoms with Crippen molar-refractivity contribution in [1.29, 1.82) is 0 Å². The van der Waals surface area contributed by atoms with Crippen LogP contribution in [0.1, 0.15) is 46.5 Å². The van der Waals surface area contributed by atoms with Crippen LogP contribution in [0.3, 0.4) is 0 Å². The smallest absolute Gasteiger partial charge is 0.237 e. The van der Waals surface area contributed by atoms with E-state index in [4.69, 9.17) is 0 Å². The first-order valence-corrected chi connectivity index (χ1v) is 7.44. The van der Waals surface area contributed by atoms with Gasteiger partial charge in [0, 0.05) is 19.1 Å². The number of hydrogen-bond donors (Lipinski definition) is 2. The van der Waals surface area contributed by atoms with Gasteiger partial charge in [0.1, 0.15) is 0 Å². The summed E-state index contributed by atoms with van der Waals surface area (Å²) in [7, 11) is 0. The van der Waals surface area contributed by atoms with E-state index in [2.05, 4.69) is 29.4 Å². The predicted molar refractivity (Wildman–Crippen MR) is 75.7 cm³/mol. The van der Waals surface area contributed by atoms with Crippen molar-refractivity contribution in [1.82, 2.24) is 15.5 Å². The van der Waals surface area contributed by atoms with Crippen LogP contribution < -0.4 is 10.6 Å². The second-order valence-electron chi connectivity index (χ2n) is 5.26. The quantitative estimate of drug-likeness (QED) is 0.688. The van der Waals surface area contributed by atoms with Gasteiger partial charge in [0.2, 0.25) is 5.91 Å². The molecule has 1 heterocycles. The van der Waals surface area contributed by atoms with E-state index in [1.807, 2.05) is 6.92 Å². The number of nitrogens with one attached hydrogen (secondary N) is 2. The minimum atomic E-state index is -0.0149. The first-order valence-electron chi connectivity index (χ1n) is 7.44. The summed E-state index contributed by atoms with van der Waals surface area (Å²) in [6.45, 7) is 10.2. The van der Waals surface area contributed by atoms with Crippen molar-refractivity contribution in [2.75, 3.05) is 26.2 Å². The van der Waals surface area contributed by atoms with Crippen molar-refractivity contribution in [3.63, 3.8) is 0 Å². The van der Waals surface area contributed by atoms with E-state index in [-0.39, 0.29) is 11.9 Å². The summed E-state index contributed by atoms with van der Waals surface area (Å²) in [4.78, 5) is 14.3. The maximum atomic E-state index is 12.0. The van der Waals surface area contributed by atoms with Crippen molar-refractivity contribution in [3.05, 3.63) is 0 Å². The Morgan fingerprint density at radius 1 is 1.44 bits per heavy atom. The Hall–Kier alpha value is -0.610. The lowest BCUT2D eigenvalue weighted by molar-refractivity contribution is -0.126. The van der Waals surface area contributed by atoms with Gasteiger partial charge in [-0.15, -0.1) is 0 Å². The number of carbonyl (C=O) groups excluding carboxylic acids is 1. The SMILES string of the molecule is CCCNC(=O)C(C)N(CCC)CC1CCCN1. The Kier molecular flexibility index (Phi) is 7.28. The fourth-order valence-electron chi connectivity index (χ4n) is 2.49. The normalized spacial score (nSPS) is 21.2. The molecule has 0 saturated carbocycles. The molecule has 1 aliphatic rings. The fourth-order valence-corrected chi connectivity index (χ4v) is 2.49. The topological polar surface area (TPSA) is 44.4 Å². The van der Waals surface area contributed by atoms with Gasteiger partial charge in [0.05, 0.1) is 6.04 Å². The van der Waals surface area contributed by atoms with Crippen LogP contribution in [0.15, 0.2) is 0 Å². The molecule has 0 radical (unpaired) electrons. The van der Waals surface area contributed by atoms with E-state index < -0.39 is 0 Å². The largest absolute Gasteiger partial charge is 0.355 e. The van der Waals surface area contributed by atoms with Crippen LogP contribution in [0.25, 0.3) is 0 Å². The van der Waals surface area contributed by atoms with Gasteiger partial charge in [-0.25, -0.2) is 0 Å². The first kappa shape index (κ1) is 15.4.